The van der Waals surface area contributed by atoms with E-state index in [9.17, 15) is 8.42 Å². The van der Waals surface area contributed by atoms with Gasteiger partial charge >= 0.3 is 0 Å². The number of benzene rings is 2. The van der Waals surface area contributed by atoms with Crippen molar-refractivity contribution in [3.63, 3.8) is 0 Å². The van der Waals surface area contributed by atoms with E-state index in [2.05, 4.69) is 41.1 Å². The number of ether oxygens (including phenoxy) is 1. The van der Waals surface area contributed by atoms with Crippen LogP contribution < -0.4 is 9.64 Å². The lowest BCUT2D eigenvalue weighted by atomic mass is 10.00. The lowest BCUT2D eigenvalue weighted by Gasteiger charge is -2.26. The first-order valence-corrected chi connectivity index (χ1v) is 13.6. The molecular formula is C27H34N2O3S. The second-order valence-corrected chi connectivity index (χ2v) is 10.9. The van der Waals surface area contributed by atoms with E-state index in [4.69, 9.17) is 4.74 Å². The highest BCUT2D eigenvalue weighted by atomic mass is 32.2. The molecule has 4 rings (SSSR count). The molecule has 0 atom stereocenters. The summed E-state index contributed by atoms with van der Waals surface area (Å²) in [5.41, 5.74) is 7.04. The van der Waals surface area contributed by atoms with Gasteiger partial charge in [-0.15, -0.1) is 0 Å². The van der Waals surface area contributed by atoms with Gasteiger partial charge in [0, 0.05) is 29.2 Å². The molecule has 176 valence electrons. The predicted octanol–water partition coefficient (Wildman–Crippen LogP) is 5.78. The number of aryl methyl sites for hydroxylation is 1. The van der Waals surface area contributed by atoms with Crippen molar-refractivity contribution in [2.45, 2.75) is 57.4 Å². The molecule has 1 N–H and O–H groups in total. The summed E-state index contributed by atoms with van der Waals surface area (Å²) < 4.78 is 30.4. The average molecular weight is 467 g/mol. The number of nitrogens with zero attached hydrogens (tertiary/aromatic N) is 1. The van der Waals surface area contributed by atoms with Gasteiger partial charge in [0.2, 0.25) is 0 Å². The Hall–Kier alpha value is -2.73. The number of anilines is 1. The molecule has 1 aromatic heterocycles. The van der Waals surface area contributed by atoms with Crippen molar-refractivity contribution < 1.29 is 13.2 Å². The van der Waals surface area contributed by atoms with Gasteiger partial charge < -0.3 is 14.6 Å². The maximum atomic E-state index is 12.4. The minimum Gasteiger partial charge on any atom is -0.496 e. The number of hydrogen-bond acceptors (Lipinski definition) is 4. The number of fused-ring (bicyclic) bond motifs is 1. The second-order valence-electron chi connectivity index (χ2n) is 8.65. The number of sulfone groups is 1. The lowest BCUT2D eigenvalue weighted by molar-refractivity contribution is 0.416. The first kappa shape index (κ1) is 23.4. The molecular weight excluding hydrogens is 432 g/mol. The monoisotopic (exact) mass is 466 g/mol. The van der Waals surface area contributed by atoms with Crippen LogP contribution in [-0.2, 0) is 29.2 Å². The molecule has 6 heteroatoms. The van der Waals surface area contributed by atoms with Crippen molar-refractivity contribution in [2.75, 3.05) is 24.3 Å². The summed E-state index contributed by atoms with van der Waals surface area (Å²) in [7, 11) is -1.69. The van der Waals surface area contributed by atoms with Gasteiger partial charge in [0.1, 0.15) is 5.75 Å². The largest absolute Gasteiger partial charge is 0.496 e. The number of methoxy groups -OCH3 is 1. The highest BCUT2D eigenvalue weighted by Gasteiger charge is 2.19. The zero-order valence-electron chi connectivity index (χ0n) is 19.9. The summed E-state index contributed by atoms with van der Waals surface area (Å²) in [6.45, 7) is 5.54. The predicted molar refractivity (Wildman–Crippen MR) is 135 cm³/mol. The standard InChI is InChI=1S/C27H34N2O3S/c1-4-29(26-13-9-11-20-10-7-6-8-12-23(20)26)19-21-14-16-25(28-21)24-18-22(33(30,31)5-2)15-17-27(24)32-3/h9,11,13-18,28H,4-8,10,12,19H2,1-3H3. The van der Waals surface area contributed by atoms with E-state index in [-0.39, 0.29) is 5.75 Å². The third-order valence-corrected chi connectivity index (χ3v) is 8.38. The number of aromatic nitrogens is 1. The van der Waals surface area contributed by atoms with E-state index in [1.165, 1.54) is 42.5 Å². The Morgan fingerprint density at radius 2 is 1.82 bits per heavy atom. The van der Waals surface area contributed by atoms with Crippen molar-refractivity contribution in [3.8, 4) is 17.0 Å². The summed E-state index contributed by atoms with van der Waals surface area (Å²) >= 11 is 0. The maximum absolute atomic E-state index is 12.4. The Labute approximate surface area is 197 Å². The van der Waals surface area contributed by atoms with Crippen molar-refractivity contribution in [1.29, 1.82) is 0 Å². The van der Waals surface area contributed by atoms with Crippen LogP contribution >= 0.6 is 0 Å². The topological polar surface area (TPSA) is 62.4 Å². The van der Waals surface area contributed by atoms with Crippen molar-refractivity contribution in [3.05, 3.63) is 65.4 Å². The Morgan fingerprint density at radius 3 is 2.58 bits per heavy atom. The minimum atomic E-state index is -3.30. The molecule has 1 heterocycles. The third-order valence-electron chi connectivity index (χ3n) is 6.65. The number of nitrogens with one attached hydrogen (secondary N) is 1. The van der Waals surface area contributed by atoms with Crippen LogP contribution in [0.25, 0.3) is 11.3 Å². The zero-order chi connectivity index (χ0) is 23.4. The first-order valence-electron chi connectivity index (χ1n) is 11.9. The van der Waals surface area contributed by atoms with E-state index in [1.54, 1.807) is 32.2 Å². The number of hydrogen-bond donors (Lipinski definition) is 1. The average Bonchev–Trinajstić information content (AvgIpc) is 3.17. The quantitative estimate of drug-likeness (QED) is 0.428. The summed E-state index contributed by atoms with van der Waals surface area (Å²) in [6.07, 6.45) is 6.15. The van der Waals surface area contributed by atoms with E-state index in [0.29, 0.717) is 10.6 Å². The fourth-order valence-electron chi connectivity index (χ4n) is 4.75. The van der Waals surface area contributed by atoms with Gasteiger partial charge in [-0.1, -0.05) is 25.5 Å². The summed E-state index contributed by atoms with van der Waals surface area (Å²) in [5, 5.41) is 0. The number of H-pyrrole nitrogens is 1. The maximum Gasteiger partial charge on any atom is 0.178 e. The lowest BCUT2D eigenvalue weighted by Crippen LogP contribution is -2.24. The van der Waals surface area contributed by atoms with Crippen LogP contribution in [-0.4, -0.2) is 32.8 Å². The molecule has 1 aliphatic carbocycles. The van der Waals surface area contributed by atoms with Gasteiger partial charge in [0.15, 0.2) is 9.84 Å². The molecule has 0 saturated heterocycles. The molecule has 0 fully saturated rings. The molecule has 0 unspecified atom stereocenters. The molecule has 2 aromatic carbocycles. The Bertz CT molecular complexity index is 1210. The van der Waals surface area contributed by atoms with Gasteiger partial charge in [-0.25, -0.2) is 8.42 Å². The summed E-state index contributed by atoms with van der Waals surface area (Å²) in [6, 6.07) is 15.9. The molecule has 33 heavy (non-hydrogen) atoms. The molecule has 0 bridgehead atoms. The second kappa shape index (κ2) is 10.0. The molecule has 3 aromatic rings. The van der Waals surface area contributed by atoms with Gasteiger partial charge in [0.05, 0.1) is 24.3 Å². The molecule has 0 amide bonds. The molecule has 0 aliphatic heterocycles. The normalized spacial score (nSPS) is 13.9. The highest BCUT2D eigenvalue weighted by Crippen LogP contribution is 2.34. The fraction of sp³-hybridized carbons (Fsp3) is 0.407. The van der Waals surface area contributed by atoms with Crippen LogP contribution in [0.5, 0.6) is 5.75 Å². The van der Waals surface area contributed by atoms with Crippen molar-refractivity contribution >= 4 is 15.5 Å². The third kappa shape index (κ3) is 4.96. The smallest absolute Gasteiger partial charge is 0.178 e. The van der Waals surface area contributed by atoms with Crippen LogP contribution in [0.4, 0.5) is 5.69 Å². The fourth-order valence-corrected chi connectivity index (χ4v) is 5.66. The number of aromatic amines is 1. The first-order chi connectivity index (χ1) is 16.0. The van der Waals surface area contributed by atoms with Crippen LogP contribution in [0.3, 0.4) is 0 Å². The highest BCUT2D eigenvalue weighted by molar-refractivity contribution is 7.91. The SMILES string of the molecule is CCN(Cc1ccc(-c2cc(S(=O)(=O)CC)ccc2OC)[nH]1)c1cccc2c1CCCCC2. The van der Waals surface area contributed by atoms with Crippen LogP contribution in [0.1, 0.15) is 49.9 Å². The van der Waals surface area contributed by atoms with Crippen molar-refractivity contribution in [1.82, 2.24) is 4.98 Å². The Balaban J connectivity index is 1.64. The Morgan fingerprint density at radius 1 is 1.00 bits per heavy atom. The summed E-state index contributed by atoms with van der Waals surface area (Å²) in [4.78, 5) is 6.26. The van der Waals surface area contributed by atoms with E-state index < -0.39 is 9.84 Å². The van der Waals surface area contributed by atoms with Crippen LogP contribution in [0.2, 0.25) is 0 Å². The molecule has 0 spiro atoms. The van der Waals surface area contributed by atoms with E-state index in [1.807, 2.05) is 6.07 Å². The van der Waals surface area contributed by atoms with Gasteiger partial charge in [-0.3, -0.25) is 0 Å². The minimum absolute atomic E-state index is 0.0710. The van der Waals surface area contributed by atoms with E-state index in [0.717, 1.165) is 36.5 Å². The Kier molecular flexibility index (Phi) is 7.13. The molecule has 0 saturated carbocycles. The van der Waals surface area contributed by atoms with Crippen molar-refractivity contribution in [2.24, 2.45) is 0 Å². The molecule has 1 aliphatic rings. The number of rotatable bonds is 8. The van der Waals surface area contributed by atoms with E-state index >= 15 is 0 Å². The van der Waals surface area contributed by atoms with Gasteiger partial charge in [-0.05, 0) is 80.1 Å². The van der Waals surface area contributed by atoms with Crippen LogP contribution in [0.15, 0.2) is 53.4 Å². The van der Waals surface area contributed by atoms with Gasteiger partial charge in [-0.2, -0.15) is 0 Å². The summed E-state index contributed by atoms with van der Waals surface area (Å²) in [5.74, 6) is 0.723. The molecule has 5 nitrogen and oxygen atoms in total. The molecule has 0 radical (unpaired) electrons. The zero-order valence-corrected chi connectivity index (χ0v) is 20.7. The van der Waals surface area contributed by atoms with Crippen LogP contribution in [0, 0.1) is 0 Å². The van der Waals surface area contributed by atoms with Gasteiger partial charge in [0.25, 0.3) is 0 Å².